The van der Waals surface area contributed by atoms with Gasteiger partial charge in [-0.2, -0.15) is 0 Å². The third-order valence-electron chi connectivity index (χ3n) is 4.78. The Labute approximate surface area is 166 Å². The molecular weight excluding hydrogens is 386 g/mol. The van der Waals surface area contributed by atoms with Gasteiger partial charge in [0.15, 0.2) is 0 Å². The van der Waals surface area contributed by atoms with E-state index in [1.807, 2.05) is 0 Å². The summed E-state index contributed by atoms with van der Waals surface area (Å²) in [6, 6.07) is 8.36. The molecule has 1 aliphatic rings. The number of thioether (sulfide) groups is 2. The lowest BCUT2D eigenvalue weighted by Gasteiger charge is -2.17. The number of nitrogens with zero attached hydrogens (tertiary/aromatic N) is 3. The average molecular weight is 406 g/mol. The van der Waals surface area contributed by atoms with Gasteiger partial charge in [-0.25, -0.2) is 4.98 Å². The van der Waals surface area contributed by atoms with Crippen molar-refractivity contribution in [2.45, 2.75) is 53.9 Å². The van der Waals surface area contributed by atoms with E-state index in [0.717, 1.165) is 35.2 Å². The first-order chi connectivity index (χ1) is 12.7. The fourth-order valence-corrected chi connectivity index (χ4v) is 4.80. The Morgan fingerprint density at radius 3 is 2.81 bits per heavy atom. The second kappa shape index (κ2) is 8.19. The molecule has 0 N–H and O–H groups in total. The molecule has 4 rings (SSSR count). The molecule has 0 spiro atoms. The molecular formula is C19H20ClN3OS2. The average Bonchev–Trinajstić information content (AvgIpc) is 3.15. The minimum atomic E-state index is 0.433. The largest absolute Gasteiger partial charge is 0.416 e. The number of halogens is 1. The molecule has 1 aromatic carbocycles. The van der Waals surface area contributed by atoms with Crippen LogP contribution >= 0.6 is 35.1 Å². The number of fused-ring (bicyclic) bond motifs is 1. The maximum Gasteiger partial charge on any atom is 0.276 e. The van der Waals surface area contributed by atoms with Crippen LogP contribution in [0.3, 0.4) is 0 Å². The lowest BCUT2D eigenvalue weighted by atomic mass is 9.89. The molecule has 4 nitrogen and oxygen atoms in total. The molecule has 0 radical (unpaired) electrons. The predicted molar refractivity (Wildman–Crippen MR) is 108 cm³/mol. The van der Waals surface area contributed by atoms with Gasteiger partial charge in [-0.3, -0.25) is 0 Å². The predicted octanol–water partition coefficient (Wildman–Crippen LogP) is 6.33. The Hall–Kier alpha value is -1.24. The summed E-state index contributed by atoms with van der Waals surface area (Å²) in [6.45, 7) is 0. The van der Waals surface area contributed by atoms with Crippen LogP contribution in [0.1, 0.15) is 49.5 Å². The van der Waals surface area contributed by atoms with Crippen LogP contribution in [-0.4, -0.2) is 21.4 Å². The molecule has 7 heteroatoms. The quantitative estimate of drug-likeness (QED) is 0.365. The van der Waals surface area contributed by atoms with E-state index in [1.54, 1.807) is 11.8 Å². The maximum atomic E-state index is 6.39. The Bertz CT molecular complexity index is 909. The Kier molecular flexibility index (Phi) is 5.72. The molecule has 0 aliphatic heterocycles. The molecule has 26 heavy (non-hydrogen) atoms. The van der Waals surface area contributed by atoms with Crippen molar-refractivity contribution >= 4 is 46.0 Å². The first kappa shape index (κ1) is 18.1. The summed E-state index contributed by atoms with van der Waals surface area (Å²) in [4.78, 5) is 5.73. The van der Waals surface area contributed by atoms with Gasteiger partial charge >= 0.3 is 0 Å². The first-order valence-corrected chi connectivity index (χ1v) is 11.4. The van der Waals surface area contributed by atoms with Crippen LogP contribution in [0, 0.1) is 0 Å². The van der Waals surface area contributed by atoms with Crippen LogP contribution in [0.5, 0.6) is 0 Å². The topological polar surface area (TPSA) is 51.8 Å². The monoisotopic (exact) mass is 405 g/mol. The van der Waals surface area contributed by atoms with Crippen LogP contribution in [0.25, 0.3) is 10.9 Å². The highest BCUT2D eigenvalue weighted by molar-refractivity contribution is 7.98. The van der Waals surface area contributed by atoms with Crippen LogP contribution in [0.2, 0.25) is 5.15 Å². The van der Waals surface area contributed by atoms with Gasteiger partial charge in [0.05, 0.1) is 5.52 Å². The molecule has 2 heterocycles. The van der Waals surface area contributed by atoms with E-state index in [2.05, 4.69) is 45.7 Å². The zero-order chi connectivity index (χ0) is 17.9. The number of hydrogen-bond donors (Lipinski definition) is 0. The second-order valence-corrected chi connectivity index (χ2v) is 8.69. The summed E-state index contributed by atoms with van der Waals surface area (Å²) in [6.07, 6.45) is 8.20. The van der Waals surface area contributed by atoms with Gasteiger partial charge < -0.3 is 4.42 Å². The smallest absolute Gasteiger partial charge is 0.276 e. The van der Waals surface area contributed by atoms with E-state index < -0.39 is 0 Å². The third kappa shape index (κ3) is 4.02. The standard InChI is InChI=1S/C19H20ClN3OS2/c1-25-15-8-7-13-9-14(17(20)21-16(13)10-15)11-26-19-23-22-18(24-19)12-5-3-2-4-6-12/h7-10,12H,2-6,11H2,1H3. The van der Waals surface area contributed by atoms with E-state index in [-0.39, 0.29) is 0 Å². The van der Waals surface area contributed by atoms with E-state index in [4.69, 9.17) is 16.0 Å². The van der Waals surface area contributed by atoms with Crippen molar-refractivity contribution < 1.29 is 4.42 Å². The van der Waals surface area contributed by atoms with Crippen LogP contribution in [-0.2, 0) is 5.75 Å². The number of aromatic nitrogens is 3. The summed E-state index contributed by atoms with van der Waals surface area (Å²) in [5.74, 6) is 1.89. The van der Waals surface area contributed by atoms with Gasteiger partial charge in [-0.05, 0) is 37.3 Å². The van der Waals surface area contributed by atoms with Gasteiger partial charge in [-0.1, -0.05) is 48.7 Å². The van der Waals surface area contributed by atoms with Gasteiger partial charge in [0, 0.05) is 27.5 Å². The molecule has 2 aromatic heterocycles. The minimum Gasteiger partial charge on any atom is -0.416 e. The van der Waals surface area contributed by atoms with Crippen LogP contribution in [0.4, 0.5) is 0 Å². The molecule has 0 bridgehead atoms. The summed E-state index contributed by atoms with van der Waals surface area (Å²) >= 11 is 9.61. The van der Waals surface area contributed by atoms with E-state index in [9.17, 15) is 0 Å². The van der Waals surface area contributed by atoms with Gasteiger partial charge in [0.2, 0.25) is 5.89 Å². The maximum absolute atomic E-state index is 6.39. The highest BCUT2D eigenvalue weighted by Crippen LogP contribution is 2.34. The highest BCUT2D eigenvalue weighted by Gasteiger charge is 2.21. The van der Waals surface area contributed by atoms with Crippen molar-refractivity contribution in [3.05, 3.63) is 40.9 Å². The van der Waals surface area contributed by atoms with Gasteiger partial charge in [-0.15, -0.1) is 22.0 Å². The Morgan fingerprint density at radius 1 is 1.15 bits per heavy atom. The zero-order valence-corrected chi connectivity index (χ0v) is 17.0. The fraction of sp³-hybridized carbons (Fsp3) is 0.421. The van der Waals surface area contributed by atoms with E-state index in [0.29, 0.717) is 22.0 Å². The molecule has 1 saturated carbocycles. The van der Waals surface area contributed by atoms with Gasteiger partial charge in [0.25, 0.3) is 5.22 Å². The number of hydrogen-bond acceptors (Lipinski definition) is 6. The molecule has 3 aromatic rings. The summed E-state index contributed by atoms with van der Waals surface area (Å²) in [5, 5.41) is 10.7. The minimum absolute atomic E-state index is 0.433. The highest BCUT2D eigenvalue weighted by atomic mass is 35.5. The fourth-order valence-electron chi connectivity index (χ4n) is 3.33. The lowest BCUT2D eigenvalue weighted by Crippen LogP contribution is -2.04. The van der Waals surface area contributed by atoms with Crippen molar-refractivity contribution in [3.8, 4) is 0 Å². The second-order valence-electron chi connectivity index (χ2n) is 6.53. The van der Waals surface area contributed by atoms with Crippen molar-refractivity contribution in [3.63, 3.8) is 0 Å². The van der Waals surface area contributed by atoms with Crippen molar-refractivity contribution in [1.82, 2.24) is 15.2 Å². The SMILES string of the molecule is CSc1ccc2cc(CSc3nnc(C4CCCCC4)o3)c(Cl)nc2c1. The number of rotatable bonds is 5. The molecule has 0 saturated heterocycles. The molecule has 0 atom stereocenters. The van der Waals surface area contributed by atoms with E-state index in [1.165, 1.54) is 35.9 Å². The van der Waals surface area contributed by atoms with E-state index >= 15 is 0 Å². The van der Waals surface area contributed by atoms with Crippen molar-refractivity contribution in [2.24, 2.45) is 0 Å². The third-order valence-corrected chi connectivity index (χ3v) is 6.70. The summed E-state index contributed by atoms with van der Waals surface area (Å²) in [7, 11) is 0. The van der Waals surface area contributed by atoms with Gasteiger partial charge in [0.1, 0.15) is 5.15 Å². The number of pyridine rings is 1. The Morgan fingerprint density at radius 2 is 2.00 bits per heavy atom. The lowest BCUT2D eigenvalue weighted by molar-refractivity contribution is 0.334. The molecule has 0 unspecified atom stereocenters. The molecule has 136 valence electrons. The summed E-state index contributed by atoms with van der Waals surface area (Å²) in [5.41, 5.74) is 1.91. The molecule has 1 aliphatic carbocycles. The van der Waals surface area contributed by atoms with Crippen molar-refractivity contribution in [2.75, 3.05) is 6.26 Å². The van der Waals surface area contributed by atoms with Crippen LogP contribution in [0.15, 0.2) is 38.8 Å². The van der Waals surface area contributed by atoms with Crippen LogP contribution < -0.4 is 0 Å². The number of benzene rings is 1. The first-order valence-electron chi connectivity index (χ1n) is 8.82. The zero-order valence-electron chi connectivity index (χ0n) is 14.6. The Balaban J connectivity index is 1.47. The molecule has 0 amide bonds. The molecule has 1 fully saturated rings. The van der Waals surface area contributed by atoms with Crippen molar-refractivity contribution in [1.29, 1.82) is 0 Å². The summed E-state index contributed by atoms with van der Waals surface area (Å²) < 4.78 is 5.88. The normalized spacial score (nSPS) is 15.6.